The Morgan fingerprint density at radius 1 is 1.24 bits per heavy atom. The highest BCUT2D eigenvalue weighted by atomic mass is 35.5. The van der Waals surface area contributed by atoms with Gasteiger partial charge >= 0.3 is 0 Å². The quantitative estimate of drug-likeness (QED) is 0.801. The van der Waals surface area contributed by atoms with Crippen molar-refractivity contribution in [1.29, 1.82) is 0 Å². The van der Waals surface area contributed by atoms with Gasteiger partial charge in [0, 0.05) is 43.5 Å². The maximum absolute atomic E-state index is 12.1. The van der Waals surface area contributed by atoms with Crippen LogP contribution < -0.4 is 25.0 Å². The minimum atomic E-state index is 0. The van der Waals surface area contributed by atoms with E-state index in [1.807, 2.05) is 18.2 Å². The van der Waals surface area contributed by atoms with E-state index in [1.54, 1.807) is 14.2 Å². The number of halogens is 1. The van der Waals surface area contributed by atoms with Gasteiger partial charge in [0.05, 0.1) is 20.3 Å². The summed E-state index contributed by atoms with van der Waals surface area (Å²) in [5.41, 5.74) is 1.11. The molecule has 1 unspecified atom stereocenters. The van der Waals surface area contributed by atoms with Crippen LogP contribution >= 0.6 is 12.4 Å². The maximum Gasteiger partial charge on any atom is 0.237 e. The summed E-state index contributed by atoms with van der Waals surface area (Å²) >= 11 is 0. The number of carbonyl (C=O) groups is 1. The van der Waals surface area contributed by atoms with Crippen molar-refractivity contribution >= 4 is 24.0 Å². The van der Waals surface area contributed by atoms with Crippen LogP contribution in [-0.2, 0) is 4.79 Å². The molecule has 0 aromatic heterocycles. The second-order valence-electron chi connectivity index (χ2n) is 6.57. The van der Waals surface area contributed by atoms with Gasteiger partial charge in [-0.25, -0.2) is 0 Å². The van der Waals surface area contributed by atoms with E-state index in [0.717, 1.165) is 62.6 Å². The van der Waals surface area contributed by atoms with Crippen LogP contribution in [0.2, 0.25) is 0 Å². The van der Waals surface area contributed by atoms with E-state index in [9.17, 15) is 4.79 Å². The van der Waals surface area contributed by atoms with Crippen LogP contribution in [0.3, 0.4) is 0 Å². The zero-order chi connectivity index (χ0) is 16.9. The SMILES string of the molecule is COc1cc(OC)cc(N2CCC(CNC(=O)[C@@H]3CCCN3)C2)c1.Cl. The Morgan fingerprint density at radius 2 is 1.96 bits per heavy atom. The summed E-state index contributed by atoms with van der Waals surface area (Å²) in [6.45, 7) is 3.62. The van der Waals surface area contributed by atoms with Crippen LogP contribution in [0.15, 0.2) is 18.2 Å². The molecule has 0 spiro atoms. The van der Waals surface area contributed by atoms with Gasteiger partial charge in [0.15, 0.2) is 0 Å². The third-order valence-corrected chi connectivity index (χ3v) is 4.93. The maximum atomic E-state index is 12.1. The van der Waals surface area contributed by atoms with Gasteiger partial charge in [0.25, 0.3) is 0 Å². The molecule has 2 heterocycles. The fourth-order valence-corrected chi connectivity index (χ4v) is 3.49. The summed E-state index contributed by atoms with van der Waals surface area (Å²) in [4.78, 5) is 14.4. The number of anilines is 1. The number of rotatable bonds is 6. The van der Waals surface area contributed by atoms with Crippen molar-refractivity contribution in [2.45, 2.75) is 25.3 Å². The van der Waals surface area contributed by atoms with Crippen LogP contribution in [0.1, 0.15) is 19.3 Å². The van der Waals surface area contributed by atoms with Crippen molar-refractivity contribution in [3.63, 3.8) is 0 Å². The minimum absolute atomic E-state index is 0. The largest absolute Gasteiger partial charge is 0.497 e. The van der Waals surface area contributed by atoms with E-state index in [0.29, 0.717) is 5.92 Å². The summed E-state index contributed by atoms with van der Waals surface area (Å²) in [5, 5.41) is 6.35. The number of nitrogens with zero attached hydrogens (tertiary/aromatic N) is 1. The Labute approximate surface area is 155 Å². The molecule has 2 N–H and O–H groups in total. The molecule has 2 saturated heterocycles. The van der Waals surface area contributed by atoms with Crippen LogP contribution in [0.25, 0.3) is 0 Å². The van der Waals surface area contributed by atoms with E-state index in [2.05, 4.69) is 15.5 Å². The average molecular weight is 370 g/mol. The Morgan fingerprint density at radius 3 is 2.56 bits per heavy atom. The number of hydrogen-bond donors (Lipinski definition) is 2. The molecule has 140 valence electrons. The number of nitrogens with one attached hydrogen (secondary N) is 2. The molecule has 25 heavy (non-hydrogen) atoms. The third-order valence-electron chi connectivity index (χ3n) is 4.93. The van der Waals surface area contributed by atoms with Crippen LogP contribution in [0.4, 0.5) is 5.69 Å². The van der Waals surface area contributed by atoms with Gasteiger partial charge in [0.1, 0.15) is 11.5 Å². The normalized spacial score (nSPS) is 22.4. The number of hydrogen-bond acceptors (Lipinski definition) is 5. The van der Waals surface area contributed by atoms with Gasteiger partial charge in [-0.1, -0.05) is 0 Å². The predicted octanol–water partition coefficient (Wildman–Crippen LogP) is 1.82. The number of carbonyl (C=O) groups excluding carboxylic acids is 1. The van der Waals surface area contributed by atoms with Crippen molar-refractivity contribution in [3.8, 4) is 11.5 Å². The first-order chi connectivity index (χ1) is 11.7. The summed E-state index contributed by atoms with van der Waals surface area (Å²) in [6.07, 6.45) is 3.12. The second kappa shape index (κ2) is 9.15. The Balaban J connectivity index is 0.00000225. The average Bonchev–Trinajstić information content (AvgIpc) is 3.30. The highest BCUT2D eigenvalue weighted by Crippen LogP contribution is 2.31. The van der Waals surface area contributed by atoms with E-state index in [-0.39, 0.29) is 24.4 Å². The lowest BCUT2D eigenvalue weighted by molar-refractivity contribution is -0.122. The number of amides is 1. The highest BCUT2D eigenvalue weighted by Gasteiger charge is 2.26. The summed E-state index contributed by atoms with van der Waals surface area (Å²) in [7, 11) is 3.33. The van der Waals surface area contributed by atoms with Crippen LogP contribution in [0, 0.1) is 5.92 Å². The van der Waals surface area contributed by atoms with Gasteiger partial charge in [-0.3, -0.25) is 4.79 Å². The zero-order valence-electron chi connectivity index (χ0n) is 14.9. The van der Waals surface area contributed by atoms with Crippen LogP contribution in [0.5, 0.6) is 11.5 Å². The molecule has 2 fully saturated rings. The van der Waals surface area contributed by atoms with Crippen molar-refractivity contribution in [1.82, 2.24) is 10.6 Å². The van der Waals surface area contributed by atoms with Gasteiger partial charge < -0.3 is 25.0 Å². The first kappa shape index (κ1) is 19.7. The van der Waals surface area contributed by atoms with E-state index in [4.69, 9.17) is 9.47 Å². The molecule has 1 amide bonds. The monoisotopic (exact) mass is 369 g/mol. The third kappa shape index (κ3) is 4.92. The standard InChI is InChI=1S/C18H27N3O3.ClH/c1-23-15-8-14(9-16(10-15)24-2)21-7-5-13(12-21)11-20-18(22)17-4-3-6-19-17;/h8-10,13,17,19H,3-7,11-12H2,1-2H3,(H,20,22);1H/t13?,17-;/m0./s1. The molecule has 1 aromatic carbocycles. The van der Waals surface area contributed by atoms with Crippen LogP contribution in [-0.4, -0.2) is 52.3 Å². The molecule has 0 bridgehead atoms. The van der Waals surface area contributed by atoms with Crippen molar-refractivity contribution in [2.75, 3.05) is 45.3 Å². The smallest absolute Gasteiger partial charge is 0.237 e. The minimum Gasteiger partial charge on any atom is -0.497 e. The van der Waals surface area contributed by atoms with E-state index < -0.39 is 0 Å². The predicted molar refractivity (Wildman–Crippen MR) is 101 cm³/mol. The van der Waals surface area contributed by atoms with Gasteiger partial charge in [-0.15, -0.1) is 12.4 Å². The summed E-state index contributed by atoms with van der Waals surface area (Å²) in [5.74, 6) is 2.23. The highest BCUT2D eigenvalue weighted by molar-refractivity contribution is 5.85. The molecule has 2 aliphatic heterocycles. The number of methoxy groups -OCH3 is 2. The molecule has 6 nitrogen and oxygen atoms in total. The molecular weight excluding hydrogens is 342 g/mol. The fourth-order valence-electron chi connectivity index (χ4n) is 3.49. The fraction of sp³-hybridized carbons (Fsp3) is 0.611. The lowest BCUT2D eigenvalue weighted by Gasteiger charge is -2.21. The molecule has 3 rings (SSSR count). The Hall–Kier alpha value is -1.66. The topological polar surface area (TPSA) is 62.8 Å². The van der Waals surface area contributed by atoms with Crippen molar-refractivity contribution in [2.24, 2.45) is 5.92 Å². The first-order valence-electron chi connectivity index (χ1n) is 8.68. The van der Waals surface area contributed by atoms with Gasteiger partial charge in [-0.05, 0) is 31.7 Å². The molecule has 0 radical (unpaired) electrons. The Bertz CT molecular complexity index is 556. The first-order valence-corrected chi connectivity index (χ1v) is 8.68. The molecule has 0 aliphatic carbocycles. The van der Waals surface area contributed by atoms with Gasteiger partial charge in [0.2, 0.25) is 5.91 Å². The lowest BCUT2D eigenvalue weighted by Crippen LogP contribution is -2.42. The molecule has 2 aliphatic rings. The summed E-state index contributed by atoms with van der Waals surface area (Å²) < 4.78 is 10.7. The molecule has 2 atom stereocenters. The zero-order valence-corrected chi connectivity index (χ0v) is 15.7. The molecule has 0 saturated carbocycles. The van der Waals surface area contributed by atoms with Crippen molar-refractivity contribution in [3.05, 3.63) is 18.2 Å². The molecule has 1 aromatic rings. The second-order valence-corrected chi connectivity index (χ2v) is 6.57. The van der Waals surface area contributed by atoms with E-state index >= 15 is 0 Å². The lowest BCUT2D eigenvalue weighted by atomic mass is 10.1. The molecular formula is C18H28ClN3O3. The summed E-state index contributed by atoms with van der Waals surface area (Å²) in [6, 6.07) is 5.95. The number of benzene rings is 1. The molecule has 7 heteroatoms. The van der Waals surface area contributed by atoms with Gasteiger partial charge in [-0.2, -0.15) is 0 Å². The Kier molecular flexibility index (Phi) is 7.20. The van der Waals surface area contributed by atoms with Crippen molar-refractivity contribution < 1.29 is 14.3 Å². The van der Waals surface area contributed by atoms with E-state index in [1.165, 1.54) is 0 Å². The number of ether oxygens (including phenoxy) is 2.